The van der Waals surface area contributed by atoms with Gasteiger partial charge in [0.15, 0.2) is 11.5 Å². The van der Waals surface area contributed by atoms with Crippen molar-refractivity contribution >= 4 is 5.91 Å². The van der Waals surface area contributed by atoms with Crippen LogP contribution in [0.4, 0.5) is 0 Å². The van der Waals surface area contributed by atoms with E-state index in [4.69, 9.17) is 9.47 Å². The Morgan fingerprint density at radius 2 is 1.86 bits per heavy atom. The van der Waals surface area contributed by atoms with E-state index in [1.54, 1.807) is 14.0 Å². The summed E-state index contributed by atoms with van der Waals surface area (Å²) in [5.74, 6) is 2.76. The van der Waals surface area contributed by atoms with E-state index in [0.717, 1.165) is 43.2 Å². The van der Waals surface area contributed by atoms with E-state index in [-0.39, 0.29) is 11.9 Å². The normalized spacial score (nSPS) is 23.8. The molecule has 2 fully saturated rings. The van der Waals surface area contributed by atoms with Crippen molar-refractivity contribution in [3.63, 3.8) is 0 Å². The summed E-state index contributed by atoms with van der Waals surface area (Å²) < 4.78 is 11.4. The molecule has 4 rings (SSSR count). The Labute approximate surface area is 173 Å². The van der Waals surface area contributed by atoms with Crippen molar-refractivity contribution in [1.29, 1.82) is 0 Å². The third-order valence-electron chi connectivity index (χ3n) is 6.27. The summed E-state index contributed by atoms with van der Waals surface area (Å²) in [5.41, 5.74) is 2.40. The van der Waals surface area contributed by atoms with Crippen LogP contribution >= 0.6 is 0 Å². The quantitative estimate of drug-likeness (QED) is 0.752. The van der Waals surface area contributed by atoms with Crippen LogP contribution in [-0.4, -0.2) is 55.6 Å². The van der Waals surface area contributed by atoms with Crippen LogP contribution in [0.25, 0.3) is 0 Å². The number of ether oxygens (including phenoxy) is 2. The number of amides is 1. The van der Waals surface area contributed by atoms with E-state index in [2.05, 4.69) is 34.1 Å². The Hall–Kier alpha value is -2.53. The zero-order chi connectivity index (χ0) is 20.4. The molecule has 0 bridgehead atoms. The first-order valence-corrected chi connectivity index (χ1v) is 10.4. The van der Waals surface area contributed by atoms with Crippen LogP contribution in [0.15, 0.2) is 48.5 Å². The first kappa shape index (κ1) is 19.8. The minimum atomic E-state index is 0.176. The molecule has 0 saturated carbocycles. The van der Waals surface area contributed by atoms with Crippen LogP contribution in [-0.2, 0) is 4.79 Å². The Kier molecular flexibility index (Phi) is 5.76. The maximum Gasteiger partial charge on any atom is 0.219 e. The minimum Gasteiger partial charge on any atom is -0.493 e. The third kappa shape index (κ3) is 4.10. The van der Waals surface area contributed by atoms with Gasteiger partial charge in [-0.05, 0) is 36.1 Å². The maximum atomic E-state index is 12.2. The average molecular weight is 395 g/mol. The molecule has 154 valence electrons. The number of carbonyl (C=O) groups excluding carboxylic acids is 1. The molecule has 0 aromatic heterocycles. The molecule has 0 aliphatic carbocycles. The Bertz CT molecular complexity index is 854. The van der Waals surface area contributed by atoms with E-state index in [9.17, 15) is 4.79 Å². The highest BCUT2D eigenvalue weighted by Crippen LogP contribution is 2.44. The van der Waals surface area contributed by atoms with Crippen LogP contribution in [0.2, 0.25) is 0 Å². The highest BCUT2D eigenvalue weighted by atomic mass is 16.5. The Morgan fingerprint density at radius 1 is 1.07 bits per heavy atom. The summed E-state index contributed by atoms with van der Waals surface area (Å²) in [5, 5.41) is 0. The number of likely N-dealkylation sites (tertiary alicyclic amines) is 2. The zero-order valence-electron chi connectivity index (χ0n) is 17.5. The summed E-state index contributed by atoms with van der Waals surface area (Å²) in [6.45, 7) is 8.12. The van der Waals surface area contributed by atoms with Gasteiger partial charge in [-0.2, -0.15) is 0 Å². The van der Waals surface area contributed by atoms with Crippen LogP contribution in [0.3, 0.4) is 0 Å². The molecule has 2 heterocycles. The number of carbonyl (C=O) groups is 1. The zero-order valence-corrected chi connectivity index (χ0v) is 17.5. The molecule has 1 amide bonds. The number of fused-ring (bicyclic) bond motifs is 1. The highest BCUT2D eigenvalue weighted by molar-refractivity contribution is 5.74. The van der Waals surface area contributed by atoms with Crippen LogP contribution in [0, 0.1) is 18.8 Å². The van der Waals surface area contributed by atoms with Gasteiger partial charge in [0.1, 0.15) is 6.61 Å². The first-order valence-electron chi connectivity index (χ1n) is 10.4. The predicted octanol–water partition coefficient (Wildman–Crippen LogP) is 3.53. The van der Waals surface area contributed by atoms with Crippen molar-refractivity contribution in [2.75, 3.05) is 39.9 Å². The standard InChI is InChI=1S/C24H30N2O3/c1-17-9-10-22(23(13-17)28-3)29-12-11-25-14-20-15-26(18(2)27)24(21(20)16-25)19-7-5-4-6-8-19/h4-10,13,20-21,24H,11-12,14-16H2,1-3H3/t20-,21-,24+/m1/s1. The van der Waals surface area contributed by atoms with Crippen molar-refractivity contribution in [2.45, 2.75) is 19.9 Å². The van der Waals surface area contributed by atoms with Crippen molar-refractivity contribution in [3.05, 3.63) is 59.7 Å². The summed E-state index contributed by atoms with van der Waals surface area (Å²) in [6, 6.07) is 16.7. The van der Waals surface area contributed by atoms with Gasteiger partial charge in [0.05, 0.1) is 13.2 Å². The molecular weight excluding hydrogens is 364 g/mol. The van der Waals surface area contributed by atoms with Gasteiger partial charge in [-0.3, -0.25) is 9.69 Å². The fourth-order valence-electron chi connectivity index (χ4n) is 4.90. The molecule has 3 atom stereocenters. The lowest BCUT2D eigenvalue weighted by Crippen LogP contribution is -2.35. The molecule has 2 aromatic carbocycles. The van der Waals surface area contributed by atoms with Crippen LogP contribution < -0.4 is 9.47 Å². The lowest BCUT2D eigenvalue weighted by molar-refractivity contribution is -0.130. The number of hydrogen-bond donors (Lipinski definition) is 0. The third-order valence-corrected chi connectivity index (χ3v) is 6.27. The summed E-state index contributed by atoms with van der Waals surface area (Å²) in [6.07, 6.45) is 0. The van der Waals surface area contributed by atoms with Crippen molar-refractivity contribution < 1.29 is 14.3 Å². The number of rotatable bonds is 6. The van der Waals surface area contributed by atoms with E-state index in [1.165, 1.54) is 5.56 Å². The van der Waals surface area contributed by atoms with Crippen molar-refractivity contribution in [2.24, 2.45) is 11.8 Å². The van der Waals surface area contributed by atoms with Gasteiger partial charge >= 0.3 is 0 Å². The summed E-state index contributed by atoms with van der Waals surface area (Å²) in [4.78, 5) is 16.8. The van der Waals surface area contributed by atoms with Gasteiger partial charge in [0.25, 0.3) is 0 Å². The SMILES string of the molecule is COc1cc(C)ccc1OCCN1C[C@@H]2CN(C(C)=O)[C@@H](c3ccccc3)[C@@H]2C1. The monoisotopic (exact) mass is 394 g/mol. The summed E-state index contributed by atoms with van der Waals surface area (Å²) in [7, 11) is 1.67. The summed E-state index contributed by atoms with van der Waals surface area (Å²) >= 11 is 0. The molecule has 29 heavy (non-hydrogen) atoms. The van der Waals surface area contributed by atoms with E-state index < -0.39 is 0 Å². The Morgan fingerprint density at radius 3 is 2.59 bits per heavy atom. The molecule has 2 saturated heterocycles. The van der Waals surface area contributed by atoms with Gasteiger partial charge in [-0.25, -0.2) is 0 Å². The largest absolute Gasteiger partial charge is 0.493 e. The van der Waals surface area contributed by atoms with Crippen LogP contribution in [0.1, 0.15) is 24.1 Å². The van der Waals surface area contributed by atoms with Gasteiger partial charge < -0.3 is 14.4 Å². The molecule has 0 radical (unpaired) electrons. The number of benzene rings is 2. The lowest BCUT2D eigenvalue weighted by atomic mass is 9.89. The second-order valence-electron chi connectivity index (χ2n) is 8.21. The fourth-order valence-corrected chi connectivity index (χ4v) is 4.90. The van der Waals surface area contributed by atoms with Gasteiger partial charge in [0, 0.05) is 39.0 Å². The van der Waals surface area contributed by atoms with Gasteiger partial charge in [-0.15, -0.1) is 0 Å². The number of hydrogen-bond acceptors (Lipinski definition) is 4. The molecule has 2 aliphatic rings. The van der Waals surface area contributed by atoms with Crippen molar-refractivity contribution in [1.82, 2.24) is 9.80 Å². The topological polar surface area (TPSA) is 42.0 Å². The number of methoxy groups -OCH3 is 1. The second-order valence-corrected chi connectivity index (χ2v) is 8.21. The van der Waals surface area contributed by atoms with E-state index in [0.29, 0.717) is 18.4 Å². The maximum absolute atomic E-state index is 12.2. The highest BCUT2D eigenvalue weighted by Gasteiger charge is 2.48. The average Bonchev–Trinajstić information content (AvgIpc) is 3.27. The fraction of sp³-hybridized carbons (Fsp3) is 0.458. The molecule has 2 aromatic rings. The lowest BCUT2D eigenvalue weighted by Gasteiger charge is -2.29. The Balaban J connectivity index is 1.38. The second kappa shape index (κ2) is 8.46. The predicted molar refractivity (Wildman–Crippen MR) is 113 cm³/mol. The molecule has 2 aliphatic heterocycles. The first-order chi connectivity index (χ1) is 14.1. The van der Waals surface area contributed by atoms with E-state index >= 15 is 0 Å². The van der Waals surface area contributed by atoms with Crippen molar-refractivity contribution in [3.8, 4) is 11.5 Å². The smallest absolute Gasteiger partial charge is 0.219 e. The number of nitrogens with zero attached hydrogens (tertiary/aromatic N) is 2. The molecule has 0 N–H and O–H groups in total. The molecule has 0 unspecified atom stereocenters. The minimum absolute atomic E-state index is 0.176. The molecule has 0 spiro atoms. The van der Waals surface area contributed by atoms with Gasteiger partial charge in [-0.1, -0.05) is 36.4 Å². The molecule has 5 heteroatoms. The number of aryl methyl sites for hydroxylation is 1. The van der Waals surface area contributed by atoms with Crippen LogP contribution in [0.5, 0.6) is 11.5 Å². The molecular formula is C24H30N2O3. The van der Waals surface area contributed by atoms with Gasteiger partial charge in [0.2, 0.25) is 5.91 Å². The van der Waals surface area contributed by atoms with E-state index in [1.807, 2.05) is 31.2 Å². The molecule has 5 nitrogen and oxygen atoms in total.